The van der Waals surface area contributed by atoms with E-state index in [-0.39, 0.29) is 12.6 Å². The number of aliphatic hydroxyl groups is 1. The lowest BCUT2D eigenvalue weighted by molar-refractivity contribution is 0.199. The quantitative estimate of drug-likeness (QED) is 0.734. The van der Waals surface area contributed by atoms with Crippen LogP contribution < -0.4 is 10.2 Å². The van der Waals surface area contributed by atoms with Crippen LogP contribution in [-0.4, -0.2) is 49.5 Å². The minimum atomic E-state index is 0.202. The van der Waals surface area contributed by atoms with Crippen molar-refractivity contribution in [1.29, 1.82) is 0 Å². The molecule has 1 fully saturated rings. The molecule has 1 aromatic rings. The Hall–Kier alpha value is -1.17. The van der Waals surface area contributed by atoms with E-state index in [2.05, 4.69) is 21.3 Å². The van der Waals surface area contributed by atoms with E-state index in [1.165, 1.54) is 18.4 Å². The van der Waals surface area contributed by atoms with Gasteiger partial charge in [0.1, 0.15) is 5.82 Å². The summed E-state index contributed by atoms with van der Waals surface area (Å²) in [5.41, 5.74) is 1.18. The molecule has 0 aliphatic carbocycles. The number of aromatic nitrogens is 1. The zero-order valence-electron chi connectivity index (χ0n) is 12.2. The average molecular weight is 279 g/mol. The highest BCUT2D eigenvalue weighted by molar-refractivity contribution is 5.48. The van der Waals surface area contributed by atoms with Gasteiger partial charge in [-0.2, -0.15) is 0 Å². The lowest BCUT2D eigenvalue weighted by Crippen LogP contribution is -2.43. The highest BCUT2D eigenvalue weighted by Crippen LogP contribution is 2.25. The van der Waals surface area contributed by atoms with Crippen LogP contribution in [-0.2, 0) is 11.3 Å². The van der Waals surface area contributed by atoms with E-state index >= 15 is 0 Å². The summed E-state index contributed by atoms with van der Waals surface area (Å²) in [7, 11) is 1.71. The molecule has 1 aromatic heterocycles. The molecule has 1 aliphatic heterocycles. The van der Waals surface area contributed by atoms with Gasteiger partial charge < -0.3 is 20.1 Å². The molecule has 0 aromatic carbocycles. The Balaban J connectivity index is 2.05. The Morgan fingerprint density at radius 2 is 2.40 bits per heavy atom. The Morgan fingerprint density at radius 3 is 3.20 bits per heavy atom. The van der Waals surface area contributed by atoms with Gasteiger partial charge in [0.05, 0.1) is 19.3 Å². The van der Waals surface area contributed by atoms with Crippen LogP contribution >= 0.6 is 0 Å². The second-order valence-electron chi connectivity index (χ2n) is 5.18. The third-order valence-corrected chi connectivity index (χ3v) is 3.78. The molecule has 5 heteroatoms. The van der Waals surface area contributed by atoms with Gasteiger partial charge in [-0.25, -0.2) is 4.98 Å². The van der Waals surface area contributed by atoms with Crippen molar-refractivity contribution in [2.45, 2.75) is 31.8 Å². The first-order chi connectivity index (χ1) is 9.86. The second-order valence-corrected chi connectivity index (χ2v) is 5.18. The Morgan fingerprint density at radius 1 is 1.50 bits per heavy atom. The fourth-order valence-corrected chi connectivity index (χ4v) is 2.69. The minimum absolute atomic E-state index is 0.202. The largest absolute Gasteiger partial charge is 0.394 e. The van der Waals surface area contributed by atoms with Crippen molar-refractivity contribution < 1.29 is 9.84 Å². The number of nitrogens with zero attached hydrogens (tertiary/aromatic N) is 2. The highest BCUT2D eigenvalue weighted by Gasteiger charge is 2.24. The van der Waals surface area contributed by atoms with Crippen molar-refractivity contribution in [3.05, 3.63) is 23.9 Å². The number of aliphatic hydroxyl groups excluding tert-OH is 1. The van der Waals surface area contributed by atoms with Crippen LogP contribution in [0.2, 0.25) is 0 Å². The summed E-state index contributed by atoms with van der Waals surface area (Å²) in [5.74, 6) is 1.01. The molecule has 0 bridgehead atoms. The molecular formula is C15H25N3O2. The molecule has 0 amide bonds. The zero-order valence-corrected chi connectivity index (χ0v) is 12.2. The number of hydrogen-bond donors (Lipinski definition) is 2. The molecule has 0 saturated carbocycles. The predicted octanol–water partition coefficient (Wildman–Crippen LogP) is 1.17. The molecule has 2 N–H and O–H groups in total. The lowest BCUT2D eigenvalue weighted by atomic mass is 10.0. The fourth-order valence-electron chi connectivity index (χ4n) is 2.69. The maximum absolute atomic E-state index is 9.56. The Labute approximate surface area is 121 Å². The van der Waals surface area contributed by atoms with Crippen LogP contribution in [0.5, 0.6) is 0 Å². The zero-order chi connectivity index (χ0) is 14.2. The van der Waals surface area contributed by atoms with E-state index in [0.717, 1.165) is 31.9 Å². The monoisotopic (exact) mass is 279 g/mol. The van der Waals surface area contributed by atoms with E-state index in [4.69, 9.17) is 4.74 Å². The van der Waals surface area contributed by atoms with Crippen LogP contribution in [0.4, 0.5) is 5.82 Å². The summed E-state index contributed by atoms with van der Waals surface area (Å²) in [6.45, 7) is 3.49. The van der Waals surface area contributed by atoms with Crippen molar-refractivity contribution in [3.8, 4) is 0 Å². The number of methoxy groups -OCH3 is 1. The van der Waals surface area contributed by atoms with Gasteiger partial charge in [-0.3, -0.25) is 0 Å². The molecule has 2 rings (SSSR count). The van der Waals surface area contributed by atoms with Gasteiger partial charge in [-0.05, 0) is 25.3 Å². The minimum Gasteiger partial charge on any atom is -0.394 e. The number of ether oxygens (including phenoxy) is 1. The van der Waals surface area contributed by atoms with Gasteiger partial charge in [0.2, 0.25) is 0 Å². The van der Waals surface area contributed by atoms with Gasteiger partial charge in [0, 0.05) is 38.5 Å². The molecule has 5 nitrogen and oxygen atoms in total. The summed E-state index contributed by atoms with van der Waals surface area (Å²) in [4.78, 5) is 6.80. The van der Waals surface area contributed by atoms with Crippen molar-refractivity contribution in [3.63, 3.8) is 0 Å². The second kappa shape index (κ2) is 8.19. The molecule has 1 atom stereocenters. The Kier molecular flexibility index (Phi) is 6.24. The molecule has 1 unspecified atom stereocenters. The Bertz CT molecular complexity index is 400. The van der Waals surface area contributed by atoms with E-state index in [0.29, 0.717) is 6.61 Å². The molecule has 0 spiro atoms. The smallest absolute Gasteiger partial charge is 0.133 e. The normalized spacial score (nSPS) is 19.3. The first-order valence-electron chi connectivity index (χ1n) is 7.38. The molecule has 1 aliphatic rings. The predicted molar refractivity (Wildman–Crippen MR) is 79.9 cm³/mol. The van der Waals surface area contributed by atoms with Crippen LogP contribution in [0.25, 0.3) is 0 Å². The van der Waals surface area contributed by atoms with Crippen molar-refractivity contribution in [1.82, 2.24) is 10.3 Å². The highest BCUT2D eigenvalue weighted by atomic mass is 16.5. The number of hydrogen-bond acceptors (Lipinski definition) is 5. The van der Waals surface area contributed by atoms with Crippen LogP contribution in [0, 0.1) is 0 Å². The summed E-state index contributed by atoms with van der Waals surface area (Å²) < 4.78 is 5.04. The van der Waals surface area contributed by atoms with E-state index < -0.39 is 0 Å². The summed E-state index contributed by atoms with van der Waals surface area (Å²) in [6, 6.07) is 4.27. The van der Waals surface area contributed by atoms with Crippen LogP contribution in [0.15, 0.2) is 18.3 Å². The first-order valence-corrected chi connectivity index (χ1v) is 7.38. The molecule has 2 heterocycles. The van der Waals surface area contributed by atoms with Crippen LogP contribution in [0.3, 0.4) is 0 Å². The number of piperidine rings is 1. The maximum atomic E-state index is 9.56. The molecule has 0 radical (unpaired) electrons. The van der Waals surface area contributed by atoms with Gasteiger partial charge in [0.15, 0.2) is 0 Å². The van der Waals surface area contributed by atoms with Crippen molar-refractivity contribution in [2.24, 2.45) is 0 Å². The summed E-state index contributed by atoms with van der Waals surface area (Å²) in [6.07, 6.45) is 5.24. The summed E-state index contributed by atoms with van der Waals surface area (Å²) >= 11 is 0. The standard InChI is InChI=1S/C15H25N3O2/c1-20-10-8-16-11-13-5-4-7-17-15(13)18-9-3-2-6-14(18)12-19/h4-5,7,14,16,19H,2-3,6,8-12H2,1H3. The summed E-state index contributed by atoms with van der Waals surface area (Å²) in [5, 5.41) is 12.9. The molecule has 1 saturated heterocycles. The lowest BCUT2D eigenvalue weighted by Gasteiger charge is -2.36. The molecule has 112 valence electrons. The van der Waals surface area contributed by atoms with Gasteiger partial charge in [-0.15, -0.1) is 0 Å². The van der Waals surface area contributed by atoms with E-state index in [1.807, 2.05) is 12.3 Å². The third-order valence-electron chi connectivity index (χ3n) is 3.78. The van der Waals surface area contributed by atoms with Crippen LogP contribution in [0.1, 0.15) is 24.8 Å². The van der Waals surface area contributed by atoms with Crippen molar-refractivity contribution in [2.75, 3.05) is 38.3 Å². The van der Waals surface area contributed by atoms with Gasteiger partial charge >= 0.3 is 0 Å². The van der Waals surface area contributed by atoms with Gasteiger partial charge in [-0.1, -0.05) is 6.07 Å². The number of rotatable bonds is 7. The SMILES string of the molecule is COCCNCc1cccnc1N1CCCCC1CO. The average Bonchev–Trinajstić information content (AvgIpc) is 2.52. The fraction of sp³-hybridized carbons (Fsp3) is 0.667. The number of pyridine rings is 1. The first kappa shape index (κ1) is 15.2. The molecular weight excluding hydrogens is 254 g/mol. The maximum Gasteiger partial charge on any atom is 0.133 e. The van der Waals surface area contributed by atoms with E-state index in [9.17, 15) is 5.11 Å². The van der Waals surface area contributed by atoms with Gasteiger partial charge in [0.25, 0.3) is 0 Å². The number of anilines is 1. The topological polar surface area (TPSA) is 57.6 Å². The van der Waals surface area contributed by atoms with E-state index in [1.54, 1.807) is 7.11 Å². The number of nitrogens with one attached hydrogen (secondary N) is 1. The third kappa shape index (κ3) is 3.91. The van der Waals surface area contributed by atoms with Crippen molar-refractivity contribution >= 4 is 5.82 Å². The molecule has 20 heavy (non-hydrogen) atoms.